The molecule has 1 amide bonds. The number of nitrogens with two attached hydrogens (primary N) is 1. The molecule has 2 aromatic carbocycles. The Morgan fingerprint density at radius 3 is 2.03 bits per heavy atom. The van der Waals surface area contributed by atoms with E-state index in [-0.39, 0.29) is 29.3 Å². The molecule has 0 spiro atoms. The van der Waals surface area contributed by atoms with E-state index in [1.807, 2.05) is 6.07 Å². The molecule has 30 heavy (non-hydrogen) atoms. The standard InChI is InChI=1S/C21H20N4O4S/c1-23-18-17(16(30)12-13-29-20(22)27)19(26)25(15-10-6-3-7-11-15)21(28)24(18)14-8-4-2-5-9-14/h2-11,23H,12-13H2,1H3,(H2,22,27). The van der Waals surface area contributed by atoms with E-state index in [1.165, 1.54) is 4.57 Å². The lowest BCUT2D eigenvalue weighted by Gasteiger charge is -2.19. The van der Waals surface area contributed by atoms with Crippen molar-refractivity contribution >= 4 is 29.0 Å². The van der Waals surface area contributed by atoms with Crippen LogP contribution >= 0.6 is 12.2 Å². The normalized spacial score (nSPS) is 10.4. The summed E-state index contributed by atoms with van der Waals surface area (Å²) in [5.74, 6) is 0.257. The summed E-state index contributed by atoms with van der Waals surface area (Å²) in [5, 5.41) is 2.93. The molecule has 3 rings (SSSR count). The first-order valence-corrected chi connectivity index (χ1v) is 9.52. The van der Waals surface area contributed by atoms with Crippen molar-refractivity contribution in [3.8, 4) is 11.4 Å². The van der Waals surface area contributed by atoms with Crippen molar-refractivity contribution < 1.29 is 9.53 Å². The zero-order valence-corrected chi connectivity index (χ0v) is 17.0. The molecule has 3 N–H and O–H groups in total. The highest BCUT2D eigenvalue weighted by Crippen LogP contribution is 2.18. The molecular formula is C21H20N4O4S. The molecule has 0 saturated carbocycles. The maximum Gasteiger partial charge on any atom is 0.404 e. The van der Waals surface area contributed by atoms with Crippen molar-refractivity contribution in [3.05, 3.63) is 87.1 Å². The fourth-order valence-corrected chi connectivity index (χ4v) is 3.35. The monoisotopic (exact) mass is 424 g/mol. The molecule has 0 aliphatic heterocycles. The minimum Gasteiger partial charge on any atom is -0.449 e. The van der Waals surface area contributed by atoms with Crippen LogP contribution in [0.4, 0.5) is 10.6 Å². The molecule has 0 aliphatic carbocycles. The van der Waals surface area contributed by atoms with Gasteiger partial charge in [-0.3, -0.25) is 4.79 Å². The van der Waals surface area contributed by atoms with Crippen LogP contribution in [0, 0.1) is 0 Å². The predicted octanol–water partition coefficient (Wildman–Crippen LogP) is 2.23. The first-order chi connectivity index (χ1) is 14.5. The van der Waals surface area contributed by atoms with Crippen molar-refractivity contribution in [1.29, 1.82) is 0 Å². The topological polar surface area (TPSA) is 108 Å². The van der Waals surface area contributed by atoms with E-state index in [0.29, 0.717) is 11.4 Å². The third-order valence-corrected chi connectivity index (χ3v) is 4.79. The maximum atomic E-state index is 13.4. The lowest BCUT2D eigenvalue weighted by atomic mass is 10.1. The predicted molar refractivity (Wildman–Crippen MR) is 119 cm³/mol. The zero-order chi connectivity index (χ0) is 21.7. The van der Waals surface area contributed by atoms with Crippen LogP contribution in [-0.4, -0.2) is 33.7 Å². The minimum absolute atomic E-state index is 0.0768. The Hall–Kier alpha value is -3.72. The van der Waals surface area contributed by atoms with Crippen LogP contribution in [0.15, 0.2) is 70.3 Å². The Kier molecular flexibility index (Phi) is 6.43. The van der Waals surface area contributed by atoms with Crippen LogP contribution in [0.1, 0.15) is 12.0 Å². The summed E-state index contributed by atoms with van der Waals surface area (Å²) in [6.07, 6.45) is -0.827. The number of nitrogens with one attached hydrogen (secondary N) is 1. The summed E-state index contributed by atoms with van der Waals surface area (Å²) in [4.78, 5) is 37.9. The average molecular weight is 424 g/mol. The zero-order valence-electron chi connectivity index (χ0n) is 16.2. The van der Waals surface area contributed by atoms with Gasteiger partial charge < -0.3 is 15.8 Å². The van der Waals surface area contributed by atoms with Gasteiger partial charge in [-0.25, -0.2) is 18.7 Å². The van der Waals surface area contributed by atoms with Crippen molar-refractivity contribution in [2.75, 3.05) is 19.0 Å². The number of nitrogens with zero attached hydrogens (tertiary/aromatic N) is 2. The largest absolute Gasteiger partial charge is 0.449 e. The van der Waals surface area contributed by atoms with Gasteiger partial charge in [0, 0.05) is 18.3 Å². The molecule has 9 heteroatoms. The summed E-state index contributed by atoms with van der Waals surface area (Å²) >= 11 is 5.48. The first kappa shape index (κ1) is 21.0. The minimum atomic E-state index is -0.928. The number of aromatic nitrogens is 2. The summed E-state index contributed by atoms with van der Waals surface area (Å²) in [6.45, 7) is -0.0768. The first-order valence-electron chi connectivity index (χ1n) is 9.11. The van der Waals surface area contributed by atoms with E-state index >= 15 is 0 Å². The number of thiocarbonyl (C=S) groups is 1. The lowest BCUT2D eigenvalue weighted by molar-refractivity contribution is 0.160. The molecule has 0 atom stereocenters. The van der Waals surface area contributed by atoms with Gasteiger partial charge in [-0.05, 0) is 24.3 Å². The van der Waals surface area contributed by atoms with E-state index < -0.39 is 17.3 Å². The molecule has 3 aromatic rings. The van der Waals surface area contributed by atoms with E-state index in [0.717, 1.165) is 4.57 Å². The van der Waals surface area contributed by atoms with Crippen LogP contribution in [-0.2, 0) is 4.74 Å². The van der Waals surface area contributed by atoms with Gasteiger partial charge in [0.25, 0.3) is 5.56 Å². The molecule has 0 bridgehead atoms. The Bertz CT molecular complexity index is 1190. The number of hydrogen-bond acceptors (Lipinski definition) is 6. The second kappa shape index (κ2) is 9.19. The Labute approximate surface area is 177 Å². The van der Waals surface area contributed by atoms with E-state index in [9.17, 15) is 14.4 Å². The van der Waals surface area contributed by atoms with Gasteiger partial charge in [-0.2, -0.15) is 0 Å². The Morgan fingerprint density at radius 1 is 1.00 bits per heavy atom. The second-order valence-electron chi connectivity index (χ2n) is 6.24. The number of carbonyl (C=O) groups excluding carboxylic acids is 1. The van der Waals surface area contributed by atoms with Crippen molar-refractivity contribution in [2.24, 2.45) is 5.73 Å². The van der Waals surface area contributed by atoms with Crippen LogP contribution in [0.5, 0.6) is 0 Å². The molecule has 0 saturated heterocycles. The summed E-state index contributed by atoms with van der Waals surface area (Å²) in [7, 11) is 1.60. The van der Waals surface area contributed by atoms with Gasteiger partial charge in [0.2, 0.25) is 0 Å². The molecule has 0 aliphatic rings. The van der Waals surface area contributed by atoms with Crippen LogP contribution < -0.4 is 22.3 Å². The van der Waals surface area contributed by atoms with Crippen LogP contribution in [0.25, 0.3) is 11.4 Å². The van der Waals surface area contributed by atoms with Gasteiger partial charge in [-0.1, -0.05) is 48.6 Å². The van der Waals surface area contributed by atoms with Crippen LogP contribution in [0.3, 0.4) is 0 Å². The number of carbonyl (C=O) groups is 1. The summed E-state index contributed by atoms with van der Waals surface area (Å²) in [5.41, 5.74) is 5.02. The third kappa shape index (κ3) is 4.15. The number of para-hydroxylation sites is 2. The number of hydrogen-bond donors (Lipinski definition) is 2. The highest BCUT2D eigenvalue weighted by atomic mass is 32.1. The smallest absolute Gasteiger partial charge is 0.404 e. The molecule has 0 radical (unpaired) electrons. The number of rotatable bonds is 7. The highest BCUT2D eigenvalue weighted by Gasteiger charge is 2.23. The molecule has 8 nitrogen and oxygen atoms in total. The number of ether oxygens (including phenoxy) is 1. The van der Waals surface area contributed by atoms with E-state index in [4.69, 9.17) is 22.7 Å². The van der Waals surface area contributed by atoms with E-state index in [1.54, 1.807) is 61.6 Å². The fourth-order valence-electron chi connectivity index (χ4n) is 3.09. The second-order valence-corrected chi connectivity index (χ2v) is 6.74. The molecule has 1 aromatic heterocycles. The molecule has 154 valence electrons. The lowest BCUT2D eigenvalue weighted by Crippen LogP contribution is -2.42. The number of anilines is 1. The Morgan fingerprint density at radius 2 is 1.53 bits per heavy atom. The van der Waals surface area contributed by atoms with Crippen LogP contribution in [0.2, 0.25) is 0 Å². The van der Waals surface area contributed by atoms with Gasteiger partial charge in [0.05, 0.1) is 23.5 Å². The van der Waals surface area contributed by atoms with Gasteiger partial charge in [0.15, 0.2) is 0 Å². The van der Waals surface area contributed by atoms with Crippen molar-refractivity contribution in [3.63, 3.8) is 0 Å². The number of primary amides is 1. The number of benzene rings is 2. The fraction of sp³-hybridized carbons (Fsp3) is 0.143. The summed E-state index contributed by atoms with van der Waals surface area (Å²) < 4.78 is 7.22. The number of amides is 1. The quantitative estimate of drug-likeness (QED) is 0.445. The highest BCUT2D eigenvalue weighted by molar-refractivity contribution is 7.80. The molecular weight excluding hydrogens is 404 g/mol. The van der Waals surface area contributed by atoms with Gasteiger partial charge in [0.1, 0.15) is 5.82 Å². The average Bonchev–Trinajstić information content (AvgIpc) is 2.74. The summed E-state index contributed by atoms with van der Waals surface area (Å²) in [6, 6.07) is 17.5. The third-order valence-electron chi connectivity index (χ3n) is 4.38. The van der Waals surface area contributed by atoms with Gasteiger partial charge in [-0.15, -0.1) is 0 Å². The molecule has 0 fully saturated rings. The molecule has 0 unspecified atom stereocenters. The molecule has 1 heterocycles. The maximum absolute atomic E-state index is 13.4. The Balaban J connectivity index is 2.30. The SMILES string of the molecule is CNc1c(C(=S)CCOC(N)=O)c(=O)n(-c2ccccc2)c(=O)n1-c1ccccc1. The van der Waals surface area contributed by atoms with Crippen molar-refractivity contribution in [1.82, 2.24) is 9.13 Å². The van der Waals surface area contributed by atoms with E-state index in [2.05, 4.69) is 5.32 Å². The van der Waals surface area contributed by atoms with Crippen molar-refractivity contribution in [2.45, 2.75) is 6.42 Å². The van der Waals surface area contributed by atoms with Gasteiger partial charge >= 0.3 is 11.8 Å².